The van der Waals surface area contributed by atoms with Gasteiger partial charge in [0.15, 0.2) is 0 Å². The number of methoxy groups -OCH3 is 1. The summed E-state index contributed by atoms with van der Waals surface area (Å²) in [4.78, 5) is 11.5. The summed E-state index contributed by atoms with van der Waals surface area (Å²) in [5.41, 5.74) is 0.458. The number of amides is 1. The van der Waals surface area contributed by atoms with Crippen LogP contribution in [-0.2, 0) is 9.53 Å². The molecule has 0 fully saturated rings. The third kappa shape index (κ3) is 4.31. The summed E-state index contributed by atoms with van der Waals surface area (Å²) in [6.45, 7) is 0.671. The van der Waals surface area contributed by atoms with Crippen molar-refractivity contribution in [2.24, 2.45) is 0 Å². The van der Waals surface area contributed by atoms with Crippen LogP contribution in [-0.4, -0.2) is 24.7 Å². The molecule has 4 nitrogen and oxygen atoms in total. The minimum Gasteiger partial charge on any atom is -0.506 e. The van der Waals surface area contributed by atoms with Crippen LogP contribution in [0.4, 0.5) is 5.69 Å². The monoisotopic (exact) mass is 223 g/mol. The molecular weight excluding hydrogens is 206 g/mol. The average Bonchev–Trinajstić information content (AvgIpc) is 2.28. The standard InChI is InChI=1S/C12H17NO3/c1-16-9-5-4-8-12(15)13-10-6-2-3-7-11(10)14/h2-3,6-7,14H,4-5,8-9H2,1H3,(H,13,15). The third-order valence-electron chi connectivity index (χ3n) is 2.18. The van der Waals surface area contributed by atoms with E-state index in [1.165, 1.54) is 0 Å². The van der Waals surface area contributed by atoms with Crippen LogP contribution in [0.3, 0.4) is 0 Å². The van der Waals surface area contributed by atoms with E-state index in [0.29, 0.717) is 18.7 Å². The van der Waals surface area contributed by atoms with Gasteiger partial charge in [-0.05, 0) is 25.0 Å². The zero-order valence-electron chi connectivity index (χ0n) is 9.40. The molecule has 0 saturated heterocycles. The van der Waals surface area contributed by atoms with Gasteiger partial charge in [0, 0.05) is 20.1 Å². The van der Waals surface area contributed by atoms with Crippen LogP contribution in [0, 0.1) is 0 Å². The Balaban J connectivity index is 2.32. The molecular formula is C12H17NO3. The number of carbonyl (C=O) groups is 1. The molecule has 1 rings (SSSR count). The molecule has 0 bridgehead atoms. The van der Waals surface area contributed by atoms with E-state index >= 15 is 0 Å². The Labute approximate surface area is 95.2 Å². The van der Waals surface area contributed by atoms with Crippen molar-refractivity contribution in [3.63, 3.8) is 0 Å². The Hall–Kier alpha value is -1.55. The molecule has 1 aromatic rings. The smallest absolute Gasteiger partial charge is 0.224 e. The molecule has 0 atom stereocenters. The van der Waals surface area contributed by atoms with Crippen LogP contribution in [0.25, 0.3) is 0 Å². The van der Waals surface area contributed by atoms with Crippen molar-refractivity contribution in [2.75, 3.05) is 19.0 Å². The van der Waals surface area contributed by atoms with Gasteiger partial charge in [-0.15, -0.1) is 0 Å². The first-order valence-electron chi connectivity index (χ1n) is 5.31. The van der Waals surface area contributed by atoms with Crippen LogP contribution in [0.15, 0.2) is 24.3 Å². The maximum atomic E-state index is 11.5. The minimum atomic E-state index is -0.0856. The molecule has 88 valence electrons. The second kappa shape index (κ2) is 6.85. The highest BCUT2D eigenvalue weighted by molar-refractivity contribution is 5.92. The normalized spacial score (nSPS) is 10.1. The Kier molecular flexibility index (Phi) is 5.36. The number of hydrogen-bond acceptors (Lipinski definition) is 3. The number of phenols is 1. The van der Waals surface area contributed by atoms with E-state index in [1.54, 1.807) is 31.4 Å². The number of nitrogens with one attached hydrogen (secondary N) is 1. The predicted octanol–water partition coefficient (Wildman–Crippen LogP) is 2.15. The minimum absolute atomic E-state index is 0.0856. The Morgan fingerprint density at radius 1 is 1.38 bits per heavy atom. The van der Waals surface area contributed by atoms with Gasteiger partial charge in [0.25, 0.3) is 0 Å². The van der Waals surface area contributed by atoms with Crippen LogP contribution < -0.4 is 5.32 Å². The highest BCUT2D eigenvalue weighted by Gasteiger charge is 2.04. The molecule has 0 saturated carbocycles. The van der Waals surface area contributed by atoms with Crippen molar-refractivity contribution >= 4 is 11.6 Å². The van der Waals surface area contributed by atoms with Gasteiger partial charge in [0.05, 0.1) is 5.69 Å². The van der Waals surface area contributed by atoms with Crippen LogP contribution in [0.1, 0.15) is 19.3 Å². The van der Waals surface area contributed by atoms with E-state index in [4.69, 9.17) is 4.74 Å². The van der Waals surface area contributed by atoms with Gasteiger partial charge in [-0.1, -0.05) is 12.1 Å². The maximum Gasteiger partial charge on any atom is 0.224 e. The third-order valence-corrected chi connectivity index (χ3v) is 2.18. The molecule has 2 N–H and O–H groups in total. The lowest BCUT2D eigenvalue weighted by molar-refractivity contribution is -0.116. The van der Waals surface area contributed by atoms with E-state index < -0.39 is 0 Å². The van der Waals surface area contributed by atoms with Gasteiger partial charge in [0.1, 0.15) is 5.75 Å². The predicted molar refractivity (Wildman–Crippen MR) is 62.5 cm³/mol. The van der Waals surface area contributed by atoms with Crippen molar-refractivity contribution in [1.29, 1.82) is 0 Å². The SMILES string of the molecule is COCCCCC(=O)Nc1ccccc1O. The highest BCUT2D eigenvalue weighted by atomic mass is 16.5. The van der Waals surface area contributed by atoms with Crippen molar-refractivity contribution in [3.8, 4) is 5.75 Å². The lowest BCUT2D eigenvalue weighted by Crippen LogP contribution is -2.11. The van der Waals surface area contributed by atoms with Crippen LogP contribution in [0.2, 0.25) is 0 Å². The van der Waals surface area contributed by atoms with E-state index in [0.717, 1.165) is 12.8 Å². The first-order valence-corrected chi connectivity index (χ1v) is 5.31. The molecule has 0 aromatic heterocycles. The number of hydrogen-bond donors (Lipinski definition) is 2. The summed E-state index contributed by atoms with van der Waals surface area (Å²) in [7, 11) is 1.64. The number of phenolic OH excluding ortho intramolecular Hbond substituents is 1. The number of carbonyl (C=O) groups excluding carboxylic acids is 1. The average molecular weight is 223 g/mol. The second-order valence-electron chi connectivity index (χ2n) is 3.52. The quantitative estimate of drug-likeness (QED) is 0.574. The summed E-state index contributed by atoms with van der Waals surface area (Å²) < 4.78 is 4.89. The van der Waals surface area contributed by atoms with Crippen LogP contribution >= 0.6 is 0 Å². The molecule has 1 aromatic carbocycles. The molecule has 16 heavy (non-hydrogen) atoms. The van der Waals surface area contributed by atoms with Gasteiger partial charge in [-0.3, -0.25) is 4.79 Å². The molecule has 0 aliphatic heterocycles. The fourth-order valence-electron chi connectivity index (χ4n) is 1.32. The topological polar surface area (TPSA) is 58.6 Å². The lowest BCUT2D eigenvalue weighted by atomic mass is 10.2. The van der Waals surface area contributed by atoms with Crippen molar-refractivity contribution in [3.05, 3.63) is 24.3 Å². The Morgan fingerprint density at radius 2 is 2.12 bits per heavy atom. The first-order chi connectivity index (χ1) is 7.74. The van der Waals surface area contributed by atoms with E-state index in [2.05, 4.69) is 5.32 Å². The fourth-order valence-corrected chi connectivity index (χ4v) is 1.32. The summed E-state index contributed by atoms with van der Waals surface area (Å²) in [6, 6.07) is 6.69. The van der Waals surface area contributed by atoms with Crippen LogP contribution in [0.5, 0.6) is 5.75 Å². The van der Waals surface area contributed by atoms with Gasteiger partial charge in [-0.25, -0.2) is 0 Å². The molecule has 0 aliphatic rings. The fraction of sp³-hybridized carbons (Fsp3) is 0.417. The van der Waals surface area contributed by atoms with E-state index in [9.17, 15) is 9.90 Å². The van der Waals surface area contributed by atoms with Gasteiger partial charge in [0.2, 0.25) is 5.91 Å². The summed E-state index contributed by atoms with van der Waals surface area (Å²) >= 11 is 0. The number of unbranched alkanes of at least 4 members (excludes halogenated alkanes) is 1. The molecule has 1 amide bonds. The van der Waals surface area contributed by atoms with Crippen molar-refractivity contribution in [1.82, 2.24) is 0 Å². The Morgan fingerprint density at radius 3 is 2.81 bits per heavy atom. The van der Waals surface area contributed by atoms with Gasteiger partial charge < -0.3 is 15.2 Å². The second-order valence-corrected chi connectivity index (χ2v) is 3.52. The molecule has 0 radical (unpaired) electrons. The lowest BCUT2D eigenvalue weighted by Gasteiger charge is -2.06. The molecule has 4 heteroatoms. The number of benzene rings is 1. The van der Waals surface area contributed by atoms with Gasteiger partial charge in [-0.2, -0.15) is 0 Å². The summed E-state index contributed by atoms with van der Waals surface area (Å²) in [5.74, 6) is 0.00495. The Bertz CT molecular complexity index is 339. The highest BCUT2D eigenvalue weighted by Crippen LogP contribution is 2.21. The zero-order chi connectivity index (χ0) is 11.8. The van der Waals surface area contributed by atoms with Crippen molar-refractivity contribution in [2.45, 2.75) is 19.3 Å². The van der Waals surface area contributed by atoms with E-state index in [-0.39, 0.29) is 11.7 Å². The summed E-state index contributed by atoms with van der Waals surface area (Å²) in [6.07, 6.45) is 2.09. The maximum absolute atomic E-state index is 11.5. The van der Waals surface area contributed by atoms with Gasteiger partial charge >= 0.3 is 0 Å². The molecule has 0 unspecified atom stereocenters. The first kappa shape index (κ1) is 12.5. The van der Waals surface area contributed by atoms with Crippen molar-refractivity contribution < 1.29 is 14.6 Å². The molecule has 0 heterocycles. The zero-order valence-corrected chi connectivity index (χ0v) is 9.40. The van der Waals surface area contributed by atoms with E-state index in [1.807, 2.05) is 0 Å². The molecule has 0 spiro atoms. The number of para-hydroxylation sites is 2. The summed E-state index contributed by atoms with van der Waals surface area (Å²) in [5, 5.41) is 12.1. The largest absolute Gasteiger partial charge is 0.506 e. The molecule has 0 aliphatic carbocycles. The number of ether oxygens (including phenoxy) is 1. The number of rotatable bonds is 6. The number of anilines is 1. The number of aromatic hydroxyl groups is 1.